The van der Waals surface area contributed by atoms with E-state index in [1.807, 2.05) is 105 Å². The molecule has 0 aromatic heterocycles. The second-order valence-corrected chi connectivity index (χ2v) is 12.3. The predicted octanol–water partition coefficient (Wildman–Crippen LogP) is 4.73. The van der Waals surface area contributed by atoms with Gasteiger partial charge in [0.25, 0.3) is 0 Å². The zero-order chi connectivity index (χ0) is 32.1. The van der Waals surface area contributed by atoms with Gasteiger partial charge >= 0.3 is 12.1 Å². The van der Waals surface area contributed by atoms with Gasteiger partial charge in [-0.2, -0.15) is 0 Å². The van der Waals surface area contributed by atoms with Crippen LogP contribution in [0.3, 0.4) is 0 Å². The van der Waals surface area contributed by atoms with Crippen LogP contribution in [0.25, 0.3) is 0 Å². The Morgan fingerprint density at radius 2 is 1.16 bits per heavy atom. The standard InChI is InChI=1S/C35H46N4O5/c1-24(2)30(39-33(42)36-23-27-19-13-8-14-20-27)32(41)37-28(21-25-15-9-6-10-16-25)31(40)29(22-26-17-11-7-12-18-26)38-34(43)44-35(3,4)5/h6-20,24,28-31,40H,21-23H2,1-5H3,(H,37,41)(H,38,43)(H2,36,39,42)/t28?,29?,30-,31?/m0/s1. The van der Waals surface area contributed by atoms with E-state index in [9.17, 15) is 19.5 Å². The maximum atomic E-state index is 13.7. The molecule has 0 spiro atoms. The summed E-state index contributed by atoms with van der Waals surface area (Å²) in [6.45, 7) is 9.29. The average molecular weight is 603 g/mol. The summed E-state index contributed by atoms with van der Waals surface area (Å²) in [5.74, 6) is -0.683. The second-order valence-electron chi connectivity index (χ2n) is 12.3. The molecule has 0 radical (unpaired) electrons. The van der Waals surface area contributed by atoms with E-state index >= 15 is 0 Å². The summed E-state index contributed by atoms with van der Waals surface area (Å²) in [5, 5.41) is 23.2. The van der Waals surface area contributed by atoms with Crippen molar-refractivity contribution in [3.05, 3.63) is 108 Å². The normalized spacial score (nSPS) is 14.1. The van der Waals surface area contributed by atoms with Crippen molar-refractivity contribution in [3.8, 4) is 0 Å². The highest BCUT2D eigenvalue weighted by molar-refractivity contribution is 5.87. The van der Waals surface area contributed by atoms with Gasteiger partial charge in [0, 0.05) is 6.54 Å². The molecule has 3 aromatic rings. The minimum Gasteiger partial charge on any atom is -0.444 e. The van der Waals surface area contributed by atoms with E-state index in [4.69, 9.17) is 4.74 Å². The van der Waals surface area contributed by atoms with Crippen molar-refractivity contribution in [1.29, 1.82) is 0 Å². The quantitative estimate of drug-likeness (QED) is 0.193. The zero-order valence-corrected chi connectivity index (χ0v) is 26.2. The molecule has 0 saturated heterocycles. The van der Waals surface area contributed by atoms with E-state index < -0.39 is 47.9 Å². The molecule has 0 aliphatic heterocycles. The van der Waals surface area contributed by atoms with Crippen LogP contribution in [0.4, 0.5) is 9.59 Å². The second kappa shape index (κ2) is 16.5. The summed E-state index contributed by atoms with van der Waals surface area (Å²) in [4.78, 5) is 39.4. The van der Waals surface area contributed by atoms with Crippen molar-refractivity contribution in [3.63, 3.8) is 0 Å². The van der Waals surface area contributed by atoms with Gasteiger partial charge < -0.3 is 31.1 Å². The molecule has 236 valence electrons. The third-order valence-corrected chi connectivity index (χ3v) is 6.98. The molecule has 0 aliphatic rings. The number of benzene rings is 3. The van der Waals surface area contributed by atoms with Crippen LogP contribution in [0.15, 0.2) is 91.0 Å². The first-order chi connectivity index (χ1) is 20.9. The fourth-order valence-corrected chi connectivity index (χ4v) is 4.77. The number of hydrogen-bond donors (Lipinski definition) is 5. The van der Waals surface area contributed by atoms with Gasteiger partial charge in [0.2, 0.25) is 5.91 Å². The van der Waals surface area contributed by atoms with Crippen LogP contribution in [-0.4, -0.2) is 53.0 Å². The number of nitrogens with one attached hydrogen (secondary N) is 4. The van der Waals surface area contributed by atoms with Crippen molar-refractivity contribution in [1.82, 2.24) is 21.3 Å². The molecule has 0 aliphatic carbocycles. The highest BCUT2D eigenvalue weighted by Crippen LogP contribution is 2.16. The Bertz CT molecular complexity index is 1310. The molecule has 4 amide bonds. The Kier molecular flexibility index (Phi) is 12.8. The van der Waals surface area contributed by atoms with Crippen molar-refractivity contribution in [2.24, 2.45) is 5.92 Å². The Morgan fingerprint density at radius 3 is 1.61 bits per heavy atom. The summed E-state index contributed by atoms with van der Waals surface area (Å²) < 4.78 is 5.50. The van der Waals surface area contributed by atoms with Crippen LogP contribution in [-0.2, 0) is 28.9 Å². The third kappa shape index (κ3) is 11.7. The van der Waals surface area contributed by atoms with Crippen LogP contribution in [0.1, 0.15) is 51.3 Å². The Labute approximate surface area is 260 Å². The number of alkyl carbamates (subject to hydrolysis) is 1. The molecular formula is C35H46N4O5. The predicted molar refractivity (Wildman–Crippen MR) is 172 cm³/mol. The number of urea groups is 1. The zero-order valence-electron chi connectivity index (χ0n) is 26.2. The molecule has 4 atom stereocenters. The molecule has 9 heteroatoms. The van der Waals surface area contributed by atoms with E-state index in [-0.39, 0.29) is 5.92 Å². The lowest BCUT2D eigenvalue weighted by molar-refractivity contribution is -0.125. The Hall–Kier alpha value is -4.37. The Balaban J connectivity index is 1.82. The van der Waals surface area contributed by atoms with Crippen molar-refractivity contribution >= 4 is 18.0 Å². The van der Waals surface area contributed by atoms with Gasteiger partial charge in [-0.15, -0.1) is 0 Å². The van der Waals surface area contributed by atoms with Crippen LogP contribution in [0, 0.1) is 5.92 Å². The fourth-order valence-electron chi connectivity index (χ4n) is 4.77. The first-order valence-electron chi connectivity index (χ1n) is 15.1. The molecule has 3 aromatic carbocycles. The lowest BCUT2D eigenvalue weighted by atomic mass is 9.91. The van der Waals surface area contributed by atoms with Gasteiger partial charge in [0.05, 0.1) is 18.2 Å². The molecule has 3 rings (SSSR count). The molecule has 5 N–H and O–H groups in total. The minimum atomic E-state index is -1.20. The average Bonchev–Trinajstić information content (AvgIpc) is 2.98. The summed E-state index contributed by atoms with van der Waals surface area (Å²) in [5.41, 5.74) is 1.99. The smallest absolute Gasteiger partial charge is 0.407 e. The van der Waals surface area contributed by atoms with E-state index in [0.717, 1.165) is 16.7 Å². The van der Waals surface area contributed by atoms with Gasteiger partial charge in [-0.05, 0) is 56.2 Å². The molecule has 0 fully saturated rings. The summed E-state index contributed by atoms with van der Waals surface area (Å²) in [6, 6.07) is 25.5. The maximum Gasteiger partial charge on any atom is 0.407 e. The van der Waals surface area contributed by atoms with E-state index in [1.165, 1.54) is 0 Å². The lowest BCUT2D eigenvalue weighted by Gasteiger charge is -2.33. The number of carbonyl (C=O) groups is 3. The van der Waals surface area contributed by atoms with Gasteiger partial charge in [-0.25, -0.2) is 9.59 Å². The van der Waals surface area contributed by atoms with Crippen molar-refractivity contribution < 1.29 is 24.2 Å². The first-order valence-corrected chi connectivity index (χ1v) is 15.1. The molecule has 3 unspecified atom stereocenters. The third-order valence-electron chi connectivity index (χ3n) is 6.98. The first kappa shape index (κ1) is 34.1. The summed E-state index contributed by atoms with van der Waals surface area (Å²) >= 11 is 0. The highest BCUT2D eigenvalue weighted by atomic mass is 16.6. The number of aliphatic hydroxyl groups excluding tert-OH is 1. The molecular weight excluding hydrogens is 556 g/mol. The fraction of sp³-hybridized carbons (Fsp3) is 0.400. The van der Waals surface area contributed by atoms with Crippen LogP contribution < -0.4 is 21.3 Å². The Morgan fingerprint density at radius 1 is 0.705 bits per heavy atom. The van der Waals surface area contributed by atoms with Gasteiger partial charge in [-0.3, -0.25) is 4.79 Å². The van der Waals surface area contributed by atoms with Crippen LogP contribution in [0.2, 0.25) is 0 Å². The monoisotopic (exact) mass is 602 g/mol. The van der Waals surface area contributed by atoms with Crippen LogP contribution >= 0.6 is 0 Å². The SMILES string of the molecule is CC(C)[C@H](NC(=O)NCc1ccccc1)C(=O)NC(Cc1ccccc1)C(O)C(Cc1ccccc1)NC(=O)OC(C)(C)C. The number of carbonyl (C=O) groups excluding carboxylic acids is 3. The topological polar surface area (TPSA) is 129 Å². The largest absolute Gasteiger partial charge is 0.444 e. The van der Waals surface area contributed by atoms with Crippen molar-refractivity contribution in [2.75, 3.05) is 0 Å². The molecule has 9 nitrogen and oxygen atoms in total. The van der Waals surface area contributed by atoms with E-state index in [0.29, 0.717) is 19.4 Å². The summed E-state index contributed by atoms with van der Waals surface area (Å²) in [6.07, 6.45) is -1.28. The van der Waals surface area contributed by atoms with E-state index in [2.05, 4.69) is 21.3 Å². The summed E-state index contributed by atoms with van der Waals surface area (Å²) in [7, 11) is 0. The minimum absolute atomic E-state index is 0.244. The molecule has 0 saturated carbocycles. The number of ether oxygens (including phenoxy) is 1. The number of rotatable bonds is 13. The van der Waals surface area contributed by atoms with Crippen molar-refractivity contribution in [2.45, 2.75) is 83.8 Å². The van der Waals surface area contributed by atoms with Crippen LogP contribution in [0.5, 0.6) is 0 Å². The lowest BCUT2D eigenvalue weighted by Crippen LogP contribution is -2.60. The number of aliphatic hydroxyl groups is 1. The van der Waals surface area contributed by atoms with Gasteiger partial charge in [0.1, 0.15) is 11.6 Å². The van der Waals surface area contributed by atoms with Gasteiger partial charge in [0.15, 0.2) is 0 Å². The molecule has 0 heterocycles. The molecule has 44 heavy (non-hydrogen) atoms. The molecule has 0 bridgehead atoms. The highest BCUT2D eigenvalue weighted by Gasteiger charge is 2.34. The maximum absolute atomic E-state index is 13.7. The van der Waals surface area contributed by atoms with Gasteiger partial charge in [-0.1, -0.05) is 105 Å². The number of amides is 4. The number of hydrogen-bond acceptors (Lipinski definition) is 5. The van der Waals surface area contributed by atoms with E-state index in [1.54, 1.807) is 20.8 Å².